The fourth-order valence-corrected chi connectivity index (χ4v) is 3.97. The van der Waals surface area contributed by atoms with Gasteiger partial charge in [-0.1, -0.05) is 11.6 Å². The second kappa shape index (κ2) is 7.80. The topological polar surface area (TPSA) is 43.9 Å². The molecule has 0 bridgehead atoms. The monoisotopic (exact) mass is 401 g/mol. The van der Waals surface area contributed by atoms with Crippen molar-refractivity contribution in [3.05, 3.63) is 58.9 Å². The lowest BCUT2D eigenvalue weighted by atomic mass is 10.1. The van der Waals surface area contributed by atoms with Crippen molar-refractivity contribution in [2.75, 3.05) is 42.5 Å². The number of anilines is 2. The van der Waals surface area contributed by atoms with Gasteiger partial charge in [0.2, 0.25) is 5.91 Å². The first-order chi connectivity index (χ1) is 13.5. The Bertz CT molecular complexity index is 895. The average molecular weight is 402 g/mol. The van der Waals surface area contributed by atoms with Crippen LogP contribution in [0.4, 0.5) is 15.8 Å². The second-order valence-corrected chi connectivity index (χ2v) is 7.50. The molecule has 2 aromatic carbocycles. The van der Waals surface area contributed by atoms with Crippen molar-refractivity contribution in [2.45, 2.75) is 12.8 Å². The summed E-state index contributed by atoms with van der Waals surface area (Å²) >= 11 is 6.14. The van der Waals surface area contributed by atoms with E-state index in [1.807, 2.05) is 0 Å². The molecule has 2 aliphatic rings. The molecule has 0 saturated carbocycles. The summed E-state index contributed by atoms with van der Waals surface area (Å²) in [6.07, 6.45) is 1.28. The molecule has 146 valence electrons. The van der Waals surface area contributed by atoms with Crippen LogP contribution in [0.2, 0.25) is 5.02 Å². The predicted molar refractivity (Wildman–Crippen MR) is 108 cm³/mol. The van der Waals surface area contributed by atoms with Crippen molar-refractivity contribution in [1.82, 2.24) is 4.90 Å². The Kier molecular flexibility index (Phi) is 5.22. The van der Waals surface area contributed by atoms with Gasteiger partial charge in [-0.3, -0.25) is 9.59 Å². The molecule has 7 heteroatoms. The third kappa shape index (κ3) is 3.69. The van der Waals surface area contributed by atoms with E-state index in [9.17, 15) is 14.0 Å². The molecule has 2 aromatic rings. The van der Waals surface area contributed by atoms with Crippen LogP contribution in [-0.4, -0.2) is 49.4 Å². The van der Waals surface area contributed by atoms with Crippen LogP contribution in [0.5, 0.6) is 0 Å². The molecule has 28 heavy (non-hydrogen) atoms. The molecule has 0 atom stereocenters. The highest BCUT2D eigenvalue weighted by Crippen LogP contribution is 2.30. The number of amides is 2. The van der Waals surface area contributed by atoms with Crippen LogP contribution in [0, 0.1) is 5.82 Å². The molecule has 2 fully saturated rings. The SMILES string of the molecule is O=C(c1ccc(Cl)cc1N1CCCC1=O)N1CCN(c2ccc(F)cc2)CC1. The summed E-state index contributed by atoms with van der Waals surface area (Å²) in [5.74, 6) is -0.327. The number of nitrogens with zero attached hydrogens (tertiary/aromatic N) is 3. The normalized spacial score (nSPS) is 17.4. The summed E-state index contributed by atoms with van der Waals surface area (Å²) in [6.45, 7) is 3.07. The van der Waals surface area contributed by atoms with Crippen molar-refractivity contribution in [1.29, 1.82) is 0 Å². The van der Waals surface area contributed by atoms with Crippen molar-refractivity contribution >= 4 is 34.8 Å². The lowest BCUT2D eigenvalue weighted by molar-refractivity contribution is -0.117. The Morgan fingerprint density at radius 2 is 1.68 bits per heavy atom. The van der Waals surface area contributed by atoms with Crippen molar-refractivity contribution in [2.24, 2.45) is 0 Å². The maximum absolute atomic E-state index is 13.2. The van der Waals surface area contributed by atoms with Crippen LogP contribution >= 0.6 is 11.6 Å². The minimum absolute atomic E-state index is 0.0254. The maximum atomic E-state index is 13.2. The fourth-order valence-electron chi connectivity index (χ4n) is 3.80. The number of hydrogen-bond donors (Lipinski definition) is 0. The van der Waals surface area contributed by atoms with Crippen LogP contribution < -0.4 is 9.80 Å². The highest BCUT2D eigenvalue weighted by molar-refractivity contribution is 6.31. The van der Waals surface area contributed by atoms with Crippen LogP contribution in [0.15, 0.2) is 42.5 Å². The van der Waals surface area contributed by atoms with Gasteiger partial charge < -0.3 is 14.7 Å². The smallest absolute Gasteiger partial charge is 0.256 e. The van der Waals surface area contributed by atoms with E-state index in [-0.39, 0.29) is 17.6 Å². The number of carbonyl (C=O) groups excluding carboxylic acids is 2. The minimum atomic E-state index is -0.260. The standard InChI is InChI=1S/C21H21ClFN3O2/c22-15-3-8-18(19(14-15)26-9-1-2-20(26)27)21(28)25-12-10-24(11-13-25)17-6-4-16(23)5-7-17/h3-8,14H,1-2,9-13H2. The number of carbonyl (C=O) groups is 2. The van der Waals surface area contributed by atoms with Gasteiger partial charge in [-0.2, -0.15) is 0 Å². The van der Waals surface area contributed by atoms with Crippen LogP contribution in [0.1, 0.15) is 23.2 Å². The van der Waals surface area contributed by atoms with Gasteiger partial charge in [0, 0.05) is 49.9 Å². The summed E-state index contributed by atoms with van der Waals surface area (Å²) in [5.41, 5.74) is 2.05. The molecule has 2 saturated heterocycles. The lowest BCUT2D eigenvalue weighted by Gasteiger charge is -2.36. The highest BCUT2D eigenvalue weighted by Gasteiger charge is 2.29. The molecule has 2 amide bonds. The number of rotatable bonds is 3. The quantitative estimate of drug-likeness (QED) is 0.789. The van der Waals surface area contributed by atoms with Crippen molar-refractivity contribution in [3.8, 4) is 0 Å². The Morgan fingerprint density at radius 3 is 2.32 bits per heavy atom. The van der Waals surface area contributed by atoms with Crippen LogP contribution in [0.25, 0.3) is 0 Å². The van der Waals surface area contributed by atoms with E-state index in [1.165, 1.54) is 12.1 Å². The molecule has 0 aliphatic carbocycles. The van der Waals surface area contributed by atoms with E-state index >= 15 is 0 Å². The van der Waals surface area contributed by atoms with Gasteiger partial charge in [0.1, 0.15) is 5.82 Å². The van der Waals surface area contributed by atoms with Gasteiger partial charge in [0.25, 0.3) is 5.91 Å². The zero-order valence-corrected chi connectivity index (χ0v) is 16.2. The molecule has 0 spiro atoms. The lowest BCUT2D eigenvalue weighted by Crippen LogP contribution is -2.49. The molecule has 2 heterocycles. The molecular formula is C21H21ClFN3O2. The maximum Gasteiger partial charge on any atom is 0.256 e. The second-order valence-electron chi connectivity index (χ2n) is 7.07. The Balaban J connectivity index is 1.50. The Hall–Kier alpha value is -2.60. The van der Waals surface area contributed by atoms with Gasteiger partial charge in [-0.15, -0.1) is 0 Å². The predicted octanol–water partition coefficient (Wildman–Crippen LogP) is 3.57. The first-order valence-electron chi connectivity index (χ1n) is 9.42. The summed E-state index contributed by atoms with van der Waals surface area (Å²) in [5, 5.41) is 0.507. The number of halogens is 2. The summed E-state index contributed by atoms with van der Waals surface area (Å²) < 4.78 is 13.1. The van der Waals surface area contributed by atoms with Crippen LogP contribution in [-0.2, 0) is 4.79 Å². The summed E-state index contributed by atoms with van der Waals surface area (Å²) in [4.78, 5) is 30.9. The third-order valence-corrected chi connectivity index (χ3v) is 5.55. The highest BCUT2D eigenvalue weighted by atomic mass is 35.5. The number of benzene rings is 2. The zero-order chi connectivity index (χ0) is 19.7. The molecule has 0 radical (unpaired) electrons. The van der Waals surface area contributed by atoms with Gasteiger partial charge in [-0.25, -0.2) is 4.39 Å². The molecule has 5 nitrogen and oxygen atoms in total. The fraction of sp³-hybridized carbons (Fsp3) is 0.333. The third-order valence-electron chi connectivity index (χ3n) is 5.31. The Labute approximate surface area is 168 Å². The van der Waals surface area contributed by atoms with Crippen LogP contribution in [0.3, 0.4) is 0 Å². The molecule has 0 unspecified atom stereocenters. The molecule has 4 rings (SSSR count). The van der Waals surface area contributed by atoms with Gasteiger partial charge in [0.05, 0.1) is 11.3 Å². The summed E-state index contributed by atoms with van der Waals surface area (Å²) in [7, 11) is 0. The molecular weight excluding hydrogens is 381 g/mol. The molecule has 0 aromatic heterocycles. The van der Waals surface area contributed by atoms with E-state index < -0.39 is 0 Å². The van der Waals surface area contributed by atoms with Gasteiger partial charge >= 0.3 is 0 Å². The van der Waals surface area contributed by atoms with E-state index in [0.29, 0.717) is 55.4 Å². The van der Waals surface area contributed by atoms with Crippen molar-refractivity contribution < 1.29 is 14.0 Å². The average Bonchev–Trinajstić information content (AvgIpc) is 3.14. The van der Waals surface area contributed by atoms with E-state index in [4.69, 9.17) is 11.6 Å². The molecule has 2 aliphatic heterocycles. The van der Waals surface area contributed by atoms with Gasteiger partial charge in [0.15, 0.2) is 0 Å². The largest absolute Gasteiger partial charge is 0.368 e. The van der Waals surface area contributed by atoms with E-state index in [1.54, 1.807) is 40.1 Å². The molecule has 0 N–H and O–H groups in total. The van der Waals surface area contributed by atoms with E-state index in [2.05, 4.69) is 4.90 Å². The van der Waals surface area contributed by atoms with E-state index in [0.717, 1.165) is 12.1 Å². The first-order valence-corrected chi connectivity index (χ1v) is 9.80. The summed E-state index contributed by atoms with van der Waals surface area (Å²) in [6, 6.07) is 11.5. The first kappa shape index (κ1) is 18.7. The van der Waals surface area contributed by atoms with Gasteiger partial charge in [-0.05, 0) is 48.9 Å². The number of hydrogen-bond acceptors (Lipinski definition) is 3. The zero-order valence-electron chi connectivity index (χ0n) is 15.4. The number of piperazine rings is 1. The van der Waals surface area contributed by atoms with Crippen molar-refractivity contribution in [3.63, 3.8) is 0 Å². The Morgan fingerprint density at radius 1 is 0.964 bits per heavy atom. The minimum Gasteiger partial charge on any atom is -0.368 e.